The van der Waals surface area contributed by atoms with E-state index in [4.69, 9.17) is 0 Å². The van der Waals surface area contributed by atoms with Gasteiger partial charge < -0.3 is 9.88 Å². The van der Waals surface area contributed by atoms with Crippen LogP contribution in [-0.2, 0) is 13.5 Å². The second kappa shape index (κ2) is 5.42. The van der Waals surface area contributed by atoms with Gasteiger partial charge in [0, 0.05) is 31.8 Å². The van der Waals surface area contributed by atoms with Crippen LogP contribution >= 0.6 is 0 Å². The van der Waals surface area contributed by atoms with Gasteiger partial charge in [0.05, 0.1) is 4.92 Å². The Morgan fingerprint density at radius 3 is 2.95 bits per heavy atom. The monoisotopic (exact) mass is 262 g/mol. The van der Waals surface area contributed by atoms with Crippen molar-refractivity contribution in [2.75, 3.05) is 11.9 Å². The van der Waals surface area contributed by atoms with Gasteiger partial charge in [-0.25, -0.2) is 4.98 Å². The average Bonchev–Trinajstić information content (AvgIpc) is 2.75. The predicted octanol–water partition coefficient (Wildman–Crippen LogP) is 1.08. The molecule has 2 heterocycles. The maximum Gasteiger partial charge on any atom is 0.314 e. The molecule has 0 bridgehead atoms. The predicted molar refractivity (Wildman–Crippen MR) is 68.8 cm³/mol. The van der Waals surface area contributed by atoms with Gasteiger partial charge in [-0.05, 0) is 13.0 Å². The van der Waals surface area contributed by atoms with Crippen LogP contribution in [0.5, 0.6) is 0 Å². The summed E-state index contributed by atoms with van der Waals surface area (Å²) >= 11 is 0. The normalized spacial score (nSPS) is 10.4. The molecule has 8 nitrogen and oxygen atoms in total. The molecule has 8 heteroatoms. The zero-order valence-corrected chi connectivity index (χ0v) is 10.7. The van der Waals surface area contributed by atoms with Gasteiger partial charge in [-0.3, -0.25) is 10.1 Å². The molecule has 19 heavy (non-hydrogen) atoms. The van der Waals surface area contributed by atoms with Crippen molar-refractivity contribution in [3.8, 4) is 0 Å². The lowest BCUT2D eigenvalue weighted by Crippen LogP contribution is -2.11. The molecule has 0 spiro atoms. The van der Waals surface area contributed by atoms with Crippen LogP contribution in [0.15, 0.2) is 18.6 Å². The number of nitrogens with zero attached hydrogens (tertiary/aromatic N) is 5. The lowest BCUT2D eigenvalue weighted by atomic mass is 10.2. The van der Waals surface area contributed by atoms with Crippen LogP contribution in [0.2, 0.25) is 0 Å². The lowest BCUT2D eigenvalue weighted by Gasteiger charge is -2.07. The van der Waals surface area contributed by atoms with Gasteiger partial charge in [-0.2, -0.15) is 0 Å². The molecule has 0 amide bonds. The number of nitrogens with one attached hydrogen (secondary N) is 1. The summed E-state index contributed by atoms with van der Waals surface area (Å²) in [6.07, 6.45) is 3.78. The van der Waals surface area contributed by atoms with E-state index in [0.717, 1.165) is 5.82 Å². The molecule has 0 aliphatic heterocycles. The highest BCUT2D eigenvalue weighted by molar-refractivity contribution is 5.59. The third-order valence-corrected chi connectivity index (χ3v) is 2.75. The van der Waals surface area contributed by atoms with E-state index < -0.39 is 4.92 Å². The Morgan fingerprint density at radius 1 is 1.53 bits per heavy atom. The van der Waals surface area contributed by atoms with Crippen LogP contribution in [0.1, 0.15) is 11.4 Å². The standard InChI is InChI=1S/C11H14N6O2/c1-8-3-5-12-11(10(8)17(18)19)13-6-4-9-15-14-7-16(9)2/h3,5,7H,4,6H2,1-2H3,(H,12,13). The van der Waals surface area contributed by atoms with Crippen LogP contribution in [0.25, 0.3) is 0 Å². The van der Waals surface area contributed by atoms with Gasteiger partial charge in [-0.1, -0.05) is 0 Å². The number of hydrogen-bond acceptors (Lipinski definition) is 6. The molecule has 0 atom stereocenters. The van der Waals surface area contributed by atoms with E-state index in [2.05, 4.69) is 20.5 Å². The summed E-state index contributed by atoms with van der Waals surface area (Å²) in [5.41, 5.74) is 0.599. The number of aromatic nitrogens is 4. The Kier molecular flexibility index (Phi) is 3.69. The highest BCUT2D eigenvalue weighted by atomic mass is 16.6. The summed E-state index contributed by atoms with van der Waals surface area (Å²) in [7, 11) is 1.85. The minimum atomic E-state index is -0.424. The van der Waals surface area contributed by atoms with Gasteiger partial charge in [0.25, 0.3) is 0 Å². The first kappa shape index (κ1) is 12.9. The van der Waals surface area contributed by atoms with Crippen LogP contribution in [0, 0.1) is 17.0 Å². The summed E-state index contributed by atoms with van der Waals surface area (Å²) in [6, 6.07) is 1.62. The van der Waals surface area contributed by atoms with E-state index in [1.807, 2.05) is 7.05 Å². The Balaban J connectivity index is 2.06. The summed E-state index contributed by atoms with van der Waals surface area (Å²) < 4.78 is 1.81. The fraction of sp³-hybridized carbons (Fsp3) is 0.364. The van der Waals surface area contributed by atoms with Crippen molar-refractivity contribution in [1.82, 2.24) is 19.7 Å². The highest BCUT2D eigenvalue weighted by Crippen LogP contribution is 2.25. The second-order valence-electron chi connectivity index (χ2n) is 4.12. The smallest absolute Gasteiger partial charge is 0.314 e. The molecule has 0 saturated heterocycles. The van der Waals surface area contributed by atoms with Crippen molar-refractivity contribution >= 4 is 11.5 Å². The molecule has 0 radical (unpaired) electrons. The number of pyridine rings is 1. The average molecular weight is 262 g/mol. The molecular formula is C11H14N6O2. The largest absolute Gasteiger partial charge is 0.364 e. The fourth-order valence-corrected chi connectivity index (χ4v) is 1.74. The summed E-state index contributed by atoms with van der Waals surface area (Å²) in [4.78, 5) is 14.6. The van der Waals surface area contributed by atoms with Crippen LogP contribution in [0.3, 0.4) is 0 Å². The summed E-state index contributed by atoms with van der Waals surface area (Å²) in [6.45, 7) is 2.19. The van der Waals surface area contributed by atoms with Crippen molar-refractivity contribution in [2.24, 2.45) is 7.05 Å². The molecule has 1 N–H and O–H groups in total. The molecule has 0 aromatic carbocycles. The van der Waals surface area contributed by atoms with Gasteiger partial charge in [0.1, 0.15) is 12.2 Å². The Hall–Kier alpha value is -2.51. The van der Waals surface area contributed by atoms with Gasteiger partial charge in [0.15, 0.2) is 0 Å². The van der Waals surface area contributed by atoms with E-state index in [-0.39, 0.29) is 11.5 Å². The zero-order chi connectivity index (χ0) is 13.8. The Bertz CT molecular complexity index is 595. The van der Waals surface area contributed by atoms with Crippen molar-refractivity contribution in [2.45, 2.75) is 13.3 Å². The molecule has 0 unspecified atom stereocenters. The zero-order valence-electron chi connectivity index (χ0n) is 10.7. The van der Waals surface area contributed by atoms with E-state index in [1.165, 1.54) is 0 Å². The molecule has 2 aromatic rings. The fourth-order valence-electron chi connectivity index (χ4n) is 1.74. The molecule has 2 aromatic heterocycles. The van der Waals surface area contributed by atoms with E-state index in [9.17, 15) is 10.1 Å². The quantitative estimate of drug-likeness (QED) is 0.639. The topological polar surface area (TPSA) is 98.8 Å². The van der Waals surface area contributed by atoms with Gasteiger partial charge in [-0.15, -0.1) is 10.2 Å². The van der Waals surface area contributed by atoms with Crippen LogP contribution in [-0.4, -0.2) is 31.2 Å². The number of hydrogen-bond donors (Lipinski definition) is 1. The first-order valence-electron chi connectivity index (χ1n) is 5.76. The van der Waals surface area contributed by atoms with Gasteiger partial charge in [0.2, 0.25) is 5.82 Å². The number of aryl methyl sites for hydroxylation is 2. The van der Waals surface area contributed by atoms with Gasteiger partial charge >= 0.3 is 5.69 Å². The minimum Gasteiger partial charge on any atom is -0.364 e. The molecule has 0 aliphatic carbocycles. The maximum absolute atomic E-state index is 11.0. The van der Waals surface area contributed by atoms with Crippen molar-refractivity contribution < 1.29 is 4.92 Å². The molecule has 0 aliphatic rings. The maximum atomic E-state index is 11.0. The Labute approximate surface area is 109 Å². The van der Waals surface area contributed by atoms with Crippen LogP contribution < -0.4 is 5.32 Å². The molecule has 100 valence electrons. The number of rotatable bonds is 5. The minimum absolute atomic E-state index is 0.0143. The SMILES string of the molecule is Cc1ccnc(NCCc2nncn2C)c1[N+](=O)[O-]. The molecule has 2 rings (SSSR count). The number of anilines is 1. The third kappa shape index (κ3) is 2.84. The number of nitro groups is 1. The van der Waals surface area contributed by atoms with Crippen molar-refractivity contribution in [3.63, 3.8) is 0 Å². The van der Waals surface area contributed by atoms with E-state index in [1.54, 1.807) is 30.1 Å². The third-order valence-electron chi connectivity index (χ3n) is 2.75. The van der Waals surface area contributed by atoms with E-state index in [0.29, 0.717) is 18.5 Å². The Morgan fingerprint density at radius 2 is 2.32 bits per heavy atom. The summed E-state index contributed by atoms with van der Waals surface area (Å²) in [5, 5.41) is 21.7. The first-order chi connectivity index (χ1) is 9.09. The van der Waals surface area contributed by atoms with Crippen molar-refractivity contribution in [1.29, 1.82) is 0 Å². The van der Waals surface area contributed by atoms with Crippen LogP contribution in [0.4, 0.5) is 11.5 Å². The van der Waals surface area contributed by atoms with Crippen molar-refractivity contribution in [3.05, 3.63) is 40.1 Å². The summed E-state index contributed by atoms with van der Waals surface area (Å²) in [5.74, 6) is 1.09. The first-order valence-corrected chi connectivity index (χ1v) is 5.76. The molecule has 0 fully saturated rings. The lowest BCUT2D eigenvalue weighted by molar-refractivity contribution is -0.384. The highest BCUT2D eigenvalue weighted by Gasteiger charge is 2.17. The molecular weight excluding hydrogens is 248 g/mol. The van der Waals surface area contributed by atoms with E-state index >= 15 is 0 Å². The molecule has 0 saturated carbocycles. The second-order valence-corrected chi connectivity index (χ2v) is 4.12.